The number of rotatable bonds is 8. The first-order valence-electron chi connectivity index (χ1n) is 13.0. The number of alkyl halides is 3. The Morgan fingerprint density at radius 1 is 1.17 bits per heavy atom. The van der Waals surface area contributed by atoms with Crippen LogP contribution < -0.4 is 10.6 Å². The van der Waals surface area contributed by atoms with Gasteiger partial charge in [0.2, 0.25) is 0 Å². The molecule has 216 valence electrons. The summed E-state index contributed by atoms with van der Waals surface area (Å²) >= 11 is 5.87. The summed E-state index contributed by atoms with van der Waals surface area (Å²) in [5.41, 5.74) is -1.52. The summed E-state index contributed by atoms with van der Waals surface area (Å²) < 4.78 is 57.1. The lowest BCUT2D eigenvalue weighted by Crippen LogP contribution is -2.43. The molecule has 3 N–H and O–H groups in total. The van der Waals surface area contributed by atoms with Gasteiger partial charge in [0.05, 0.1) is 33.0 Å². The standard InChI is InChI=1S/C27H26ClF4N7O2/c1-3-38(4-2)9-10-39-8-7-18-21(26(39)41)22(27(30,31)32)19(36-18)12-15-20-23(33-13-34-24(20)37-25(15)40)35-14-5-6-17(29)16(28)11-14/h5-6,11-13,36H,3-4,7-10H2,1-2H3,(H2,33,34,35,37,40)/b15-12+. The third-order valence-corrected chi connectivity index (χ3v) is 7.46. The molecule has 2 amide bonds. The second kappa shape index (κ2) is 11.1. The van der Waals surface area contributed by atoms with Gasteiger partial charge in [-0.05, 0) is 37.4 Å². The Kier molecular flexibility index (Phi) is 7.75. The molecule has 0 bridgehead atoms. The number of H-pyrrole nitrogens is 1. The maximum atomic E-state index is 14.5. The number of halogens is 5. The normalized spacial score (nSPS) is 15.9. The van der Waals surface area contributed by atoms with Crippen molar-refractivity contribution in [2.75, 3.05) is 43.4 Å². The predicted molar refractivity (Wildman–Crippen MR) is 146 cm³/mol. The highest BCUT2D eigenvalue weighted by Crippen LogP contribution is 2.42. The Balaban J connectivity index is 1.55. The highest BCUT2D eigenvalue weighted by atomic mass is 35.5. The SMILES string of the molecule is CCN(CC)CCN1CCc2[nH]c(/C=C3/C(=O)Nc4ncnc(Nc5ccc(F)c(Cl)c5)c43)c(C(F)(F)F)c2C1=O. The summed E-state index contributed by atoms with van der Waals surface area (Å²) in [6.07, 6.45) is -2.46. The number of aromatic amines is 1. The first kappa shape index (κ1) is 28.6. The van der Waals surface area contributed by atoms with Crippen LogP contribution >= 0.6 is 11.6 Å². The molecule has 0 atom stereocenters. The van der Waals surface area contributed by atoms with Crippen LogP contribution in [0.2, 0.25) is 5.02 Å². The van der Waals surface area contributed by atoms with Crippen molar-refractivity contribution < 1.29 is 27.2 Å². The lowest BCUT2D eigenvalue weighted by molar-refractivity contribution is -0.138. The van der Waals surface area contributed by atoms with Gasteiger partial charge in [-0.2, -0.15) is 13.2 Å². The topological polar surface area (TPSA) is 106 Å². The van der Waals surface area contributed by atoms with E-state index >= 15 is 0 Å². The lowest BCUT2D eigenvalue weighted by Gasteiger charge is -2.30. The van der Waals surface area contributed by atoms with Gasteiger partial charge in [-0.15, -0.1) is 0 Å². The number of carbonyl (C=O) groups is 2. The van der Waals surface area contributed by atoms with Crippen LogP contribution in [0.5, 0.6) is 0 Å². The third-order valence-electron chi connectivity index (χ3n) is 7.17. The second-order valence-corrected chi connectivity index (χ2v) is 9.95. The molecular weight excluding hydrogens is 566 g/mol. The van der Waals surface area contributed by atoms with Crippen molar-refractivity contribution in [2.24, 2.45) is 0 Å². The van der Waals surface area contributed by atoms with Gasteiger partial charge in [-0.25, -0.2) is 14.4 Å². The van der Waals surface area contributed by atoms with E-state index < -0.39 is 40.6 Å². The molecule has 4 heterocycles. The average Bonchev–Trinajstić information content (AvgIpc) is 3.46. The molecule has 2 aromatic heterocycles. The number of nitrogens with zero attached hydrogens (tertiary/aromatic N) is 4. The molecule has 0 fully saturated rings. The predicted octanol–water partition coefficient (Wildman–Crippen LogP) is 5.19. The number of hydrogen-bond donors (Lipinski definition) is 3. The summed E-state index contributed by atoms with van der Waals surface area (Å²) in [6, 6.07) is 3.83. The van der Waals surface area contributed by atoms with Gasteiger partial charge < -0.3 is 25.4 Å². The molecule has 0 unspecified atom stereocenters. The minimum absolute atomic E-state index is 0.0792. The minimum atomic E-state index is -4.88. The molecule has 0 radical (unpaired) electrons. The molecule has 14 heteroatoms. The zero-order chi connectivity index (χ0) is 29.5. The molecule has 2 aliphatic rings. The summed E-state index contributed by atoms with van der Waals surface area (Å²) in [5.74, 6) is -1.88. The minimum Gasteiger partial charge on any atom is -0.358 e. The van der Waals surface area contributed by atoms with E-state index in [9.17, 15) is 27.2 Å². The zero-order valence-electron chi connectivity index (χ0n) is 22.1. The molecule has 9 nitrogen and oxygen atoms in total. The van der Waals surface area contributed by atoms with E-state index in [1.165, 1.54) is 17.0 Å². The van der Waals surface area contributed by atoms with Crippen LogP contribution in [0.4, 0.5) is 34.9 Å². The van der Waals surface area contributed by atoms with Gasteiger partial charge in [0.1, 0.15) is 23.8 Å². The first-order valence-corrected chi connectivity index (χ1v) is 13.3. The van der Waals surface area contributed by atoms with Crippen LogP contribution in [0, 0.1) is 5.82 Å². The number of aromatic nitrogens is 3. The number of benzene rings is 1. The first-order chi connectivity index (χ1) is 19.5. The second-order valence-electron chi connectivity index (χ2n) is 9.55. The number of nitrogens with one attached hydrogen (secondary N) is 3. The maximum Gasteiger partial charge on any atom is 0.419 e. The highest BCUT2D eigenvalue weighted by Gasteiger charge is 2.44. The highest BCUT2D eigenvalue weighted by molar-refractivity contribution is 6.35. The van der Waals surface area contributed by atoms with Crippen LogP contribution in [0.1, 0.15) is 46.7 Å². The number of likely N-dealkylation sites (N-methyl/N-ethyl adjacent to an activating group) is 1. The average molecular weight is 592 g/mol. The number of anilines is 3. The van der Waals surface area contributed by atoms with Crippen molar-refractivity contribution in [1.29, 1.82) is 0 Å². The van der Waals surface area contributed by atoms with Gasteiger partial charge >= 0.3 is 6.18 Å². The summed E-state index contributed by atoms with van der Waals surface area (Å²) in [5, 5.41) is 5.29. The fraction of sp³-hybridized carbons (Fsp3) is 0.333. The summed E-state index contributed by atoms with van der Waals surface area (Å²) in [7, 11) is 0. The molecule has 5 rings (SSSR count). The number of carbonyl (C=O) groups excluding carboxylic acids is 2. The van der Waals surface area contributed by atoms with E-state index in [1.807, 2.05) is 13.8 Å². The number of hydrogen-bond acceptors (Lipinski definition) is 6. The Morgan fingerprint density at radius 2 is 1.93 bits per heavy atom. The van der Waals surface area contributed by atoms with Crippen molar-refractivity contribution in [3.05, 3.63) is 63.4 Å². The van der Waals surface area contributed by atoms with Crippen LogP contribution in [0.15, 0.2) is 24.5 Å². The van der Waals surface area contributed by atoms with E-state index in [0.717, 1.165) is 31.6 Å². The Hall–Kier alpha value is -3.97. The molecule has 0 saturated carbocycles. The molecular formula is C27H26ClF4N7O2. The van der Waals surface area contributed by atoms with Gasteiger partial charge in [0.25, 0.3) is 11.8 Å². The van der Waals surface area contributed by atoms with E-state index in [1.54, 1.807) is 0 Å². The van der Waals surface area contributed by atoms with Gasteiger partial charge in [-0.1, -0.05) is 25.4 Å². The lowest BCUT2D eigenvalue weighted by atomic mass is 10.00. The van der Waals surface area contributed by atoms with Gasteiger partial charge in [-0.3, -0.25) is 9.59 Å². The summed E-state index contributed by atoms with van der Waals surface area (Å²) in [4.78, 5) is 40.7. The van der Waals surface area contributed by atoms with E-state index in [-0.39, 0.29) is 46.5 Å². The number of amides is 2. The van der Waals surface area contributed by atoms with E-state index in [2.05, 4.69) is 30.5 Å². The fourth-order valence-corrected chi connectivity index (χ4v) is 5.21. The third kappa shape index (κ3) is 5.51. The van der Waals surface area contributed by atoms with Crippen molar-refractivity contribution in [1.82, 2.24) is 24.8 Å². The maximum absolute atomic E-state index is 14.5. The summed E-state index contributed by atoms with van der Waals surface area (Å²) in [6.45, 7) is 6.59. The molecule has 41 heavy (non-hydrogen) atoms. The van der Waals surface area contributed by atoms with Crippen LogP contribution in [-0.2, 0) is 17.4 Å². The van der Waals surface area contributed by atoms with E-state index in [4.69, 9.17) is 11.6 Å². The number of fused-ring (bicyclic) bond motifs is 2. The zero-order valence-corrected chi connectivity index (χ0v) is 22.9. The molecule has 2 aliphatic heterocycles. The molecule has 1 aromatic carbocycles. The van der Waals surface area contributed by atoms with Crippen LogP contribution in [-0.4, -0.2) is 69.3 Å². The van der Waals surface area contributed by atoms with Crippen molar-refractivity contribution >= 4 is 52.4 Å². The van der Waals surface area contributed by atoms with E-state index in [0.29, 0.717) is 18.8 Å². The van der Waals surface area contributed by atoms with Gasteiger partial charge in [0, 0.05) is 37.4 Å². The van der Waals surface area contributed by atoms with Crippen molar-refractivity contribution in [3.63, 3.8) is 0 Å². The molecule has 0 spiro atoms. The fourth-order valence-electron chi connectivity index (χ4n) is 5.03. The smallest absolute Gasteiger partial charge is 0.358 e. The monoisotopic (exact) mass is 591 g/mol. The van der Waals surface area contributed by atoms with Crippen LogP contribution in [0.3, 0.4) is 0 Å². The largest absolute Gasteiger partial charge is 0.419 e. The van der Waals surface area contributed by atoms with Crippen molar-refractivity contribution in [3.8, 4) is 0 Å². The van der Waals surface area contributed by atoms with Gasteiger partial charge in [0.15, 0.2) is 0 Å². The molecule has 0 aliphatic carbocycles. The van der Waals surface area contributed by atoms with Crippen molar-refractivity contribution in [2.45, 2.75) is 26.4 Å². The Morgan fingerprint density at radius 3 is 2.61 bits per heavy atom. The molecule has 0 saturated heterocycles. The Bertz CT molecular complexity index is 1550. The Labute approximate surface area is 237 Å². The molecule has 3 aromatic rings. The quantitative estimate of drug-likeness (QED) is 0.246. The van der Waals surface area contributed by atoms with Crippen LogP contribution in [0.25, 0.3) is 11.6 Å².